The van der Waals surface area contributed by atoms with Crippen molar-refractivity contribution in [3.8, 4) is 0 Å². The van der Waals surface area contributed by atoms with E-state index in [-0.39, 0.29) is 0 Å². The van der Waals surface area contributed by atoms with Gasteiger partial charge in [0.25, 0.3) is 0 Å². The second kappa shape index (κ2) is 5.55. The zero-order chi connectivity index (χ0) is 15.7. The first-order chi connectivity index (χ1) is 9.82. The molecule has 1 fully saturated rings. The number of likely N-dealkylation sites (tertiary alicyclic amines) is 1. The molecule has 2 rings (SSSR count). The van der Waals surface area contributed by atoms with Gasteiger partial charge >= 0.3 is 11.8 Å². The van der Waals surface area contributed by atoms with Crippen molar-refractivity contribution in [3.05, 3.63) is 11.4 Å². The molecule has 1 aromatic rings. The Morgan fingerprint density at radius 3 is 2.52 bits per heavy atom. The molecule has 8 heteroatoms. The van der Waals surface area contributed by atoms with Crippen LogP contribution in [-0.4, -0.2) is 45.0 Å². The molecule has 3 amide bonds. The van der Waals surface area contributed by atoms with E-state index < -0.39 is 23.8 Å². The van der Waals surface area contributed by atoms with Crippen LogP contribution in [0.2, 0.25) is 0 Å². The second-order valence-electron chi connectivity index (χ2n) is 5.18. The van der Waals surface area contributed by atoms with Gasteiger partial charge in [0.15, 0.2) is 0 Å². The number of nitrogens with zero attached hydrogens (tertiary/aromatic N) is 3. The zero-order valence-corrected chi connectivity index (χ0v) is 12.3. The van der Waals surface area contributed by atoms with Crippen LogP contribution in [0, 0.1) is 13.8 Å². The van der Waals surface area contributed by atoms with Gasteiger partial charge in [-0.15, -0.1) is 0 Å². The molecule has 0 radical (unpaired) electrons. The summed E-state index contributed by atoms with van der Waals surface area (Å²) in [5.74, 6) is -2.09. The number of amides is 3. The Balaban J connectivity index is 2.13. The van der Waals surface area contributed by atoms with Crippen molar-refractivity contribution >= 4 is 23.4 Å². The van der Waals surface area contributed by atoms with Crippen molar-refractivity contribution in [3.63, 3.8) is 0 Å². The summed E-state index contributed by atoms with van der Waals surface area (Å²) in [6.07, 6.45) is 1.16. The number of carbonyl (C=O) groups excluding carboxylic acids is 3. The molecule has 0 aliphatic carbocycles. The number of primary amides is 1. The number of nitrogens with one attached hydrogen (secondary N) is 1. The summed E-state index contributed by atoms with van der Waals surface area (Å²) in [4.78, 5) is 36.8. The predicted molar refractivity (Wildman–Crippen MR) is 75.2 cm³/mol. The lowest BCUT2D eigenvalue weighted by atomic mass is 10.2. The third-order valence-electron chi connectivity index (χ3n) is 3.78. The van der Waals surface area contributed by atoms with Crippen molar-refractivity contribution in [2.45, 2.75) is 32.7 Å². The maximum absolute atomic E-state index is 12.2. The number of carbonyl (C=O) groups is 3. The summed E-state index contributed by atoms with van der Waals surface area (Å²) >= 11 is 0. The summed E-state index contributed by atoms with van der Waals surface area (Å²) in [6, 6.07) is -0.695. The Morgan fingerprint density at radius 1 is 1.33 bits per heavy atom. The Kier molecular flexibility index (Phi) is 3.97. The molecule has 3 N–H and O–H groups in total. The molecular formula is C13H19N5O3. The second-order valence-corrected chi connectivity index (χ2v) is 5.18. The molecule has 21 heavy (non-hydrogen) atoms. The topological polar surface area (TPSA) is 110 Å². The molecule has 1 aromatic heterocycles. The highest BCUT2D eigenvalue weighted by Gasteiger charge is 2.36. The molecule has 1 atom stereocenters. The number of nitrogens with two attached hydrogens (primary N) is 1. The molecule has 0 saturated carbocycles. The van der Waals surface area contributed by atoms with E-state index in [9.17, 15) is 14.4 Å². The first-order valence-electron chi connectivity index (χ1n) is 6.74. The average molecular weight is 293 g/mol. The fourth-order valence-corrected chi connectivity index (χ4v) is 2.56. The van der Waals surface area contributed by atoms with Crippen LogP contribution in [-0.2, 0) is 21.4 Å². The highest BCUT2D eigenvalue weighted by atomic mass is 16.2. The minimum absolute atomic E-state index is 0.366. The largest absolute Gasteiger partial charge is 0.368 e. The SMILES string of the molecule is Cc1nn(C)c(C)c1NC(=O)C(=O)N1CCC[C@@H]1C(N)=O. The van der Waals surface area contributed by atoms with Gasteiger partial charge in [0.05, 0.1) is 17.1 Å². The van der Waals surface area contributed by atoms with Gasteiger partial charge in [-0.2, -0.15) is 5.10 Å². The van der Waals surface area contributed by atoms with Crippen LogP contribution in [0.25, 0.3) is 0 Å². The van der Waals surface area contributed by atoms with Gasteiger partial charge < -0.3 is 16.0 Å². The van der Waals surface area contributed by atoms with E-state index in [1.807, 2.05) is 0 Å². The van der Waals surface area contributed by atoms with Crippen LogP contribution in [0.1, 0.15) is 24.2 Å². The standard InChI is InChI=1S/C13H19N5O3/c1-7-10(8(2)17(3)16-7)15-12(20)13(21)18-6-4-5-9(18)11(14)19/h9H,4-6H2,1-3H3,(H2,14,19)(H,15,20)/t9-/m1/s1. The zero-order valence-electron chi connectivity index (χ0n) is 12.3. The maximum atomic E-state index is 12.2. The number of anilines is 1. The Hall–Kier alpha value is -2.38. The molecule has 1 aliphatic rings. The van der Waals surface area contributed by atoms with Gasteiger partial charge in [0, 0.05) is 13.6 Å². The lowest BCUT2D eigenvalue weighted by molar-refractivity contribution is -0.145. The van der Waals surface area contributed by atoms with Crippen molar-refractivity contribution in [1.82, 2.24) is 14.7 Å². The number of aromatic nitrogens is 2. The number of aryl methyl sites for hydroxylation is 2. The lowest BCUT2D eigenvalue weighted by Crippen LogP contribution is -2.47. The van der Waals surface area contributed by atoms with Crippen molar-refractivity contribution < 1.29 is 14.4 Å². The molecule has 2 heterocycles. The summed E-state index contributed by atoms with van der Waals surface area (Å²) < 4.78 is 1.62. The van der Waals surface area contributed by atoms with E-state index in [4.69, 9.17) is 5.73 Å². The minimum atomic E-state index is -0.776. The first-order valence-corrected chi connectivity index (χ1v) is 6.74. The molecule has 8 nitrogen and oxygen atoms in total. The van der Waals surface area contributed by atoms with E-state index in [2.05, 4.69) is 10.4 Å². The number of hydrogen-bond donors (Lipinski definition) is 2. The van der Waals surface area contributed by atoms with E-state index in [1.165, 1.54) is 4.90 Å². The van der Waals surface area contributed by atoms with Crippen LogP contribution in [0.5, 0.6) is 0 Å². The fourth-order valence-electron chi connectivity index (χ4n) is 2.56. The van der Waals surface area contributed by atoms with Crippen LogP contribution < -0.4 is 11.1 Å². The van der Waals surface area contributed by atoms with E-state index in [0.29, 0.717) is 30.8 Å². The van der Waals surface area contributed by atoms with Gasteiger partial charge in [0.2, 0.25) is 5.91 Å². The van der Waals surface area contributed by atoms with Crippen LogP contribution >= 0.6 is 0 Å². The molecule has 0 unspecified atom stereocenters. The highest BCUT2D eigenvalue weighted by Crippen LogP contribution is 2.20. The molecule has 1 aliphatic heterocycles. The molecule has 0 aromatic carbocycles. The first kappa shape index (κ1) is 15.0. The minimum Gasteiger partial charge on any atom is -0.368 e. The summed E-state index contributed by atoms with van der Waals surface area (Å²) in [6.45, 7) is 3.90. The summed E-state index contributed by atoms with van der Waals surface area (Å²) in [5, 5.41) is 6.74. The normalized spacial score (nSPS) is 17.9. The Bertz CT molecular complexity index is 607. The highest BCUT2D eigenvalue weighted by molar-refractivity contribution is 6.40. The molecule has 0 spiro atoms. The Labute approximate surface area is 122 Å². The molecule has 114 valence electrons. The Morgan fingerprint density at radius 2 is 2.00 bits per heavy atom. The van der Waals surface area contributed by atoms with Crippen LogP contribution in [0.3, 0.4) is 0 Å². The van der Waals surface area contributed by atoms with Crippen molar-refractivity contribution in [2.75, 3.05) is 11.9 Å². The van der Waals surface area contributed by atoms with Crippen molar-refractivity contribution in [2.24, 2.45) is 12.8 Å². The van der Waals surface area contributed by atoms with E-state index in [0.717, 1.165) is 5.69 Å². The fraction of sp³-hybridized carbons (Fsp3) is 0.538. The van der Waals surface area contributed by atoms with E-state index >= 15 is 0 Å². The molecule has 1 saturated heterocycles. The van der Waals surface area contributed by atoms with Gasteiger partial charge in [-0.05, 0) is 26.7 Å². The summed E-state index contributed by atoms with van der Waals surface area (Å²) in [5.41, 5.74) is 7.15. The van der Waals surface area contributed by atoms with Gasteiger partial charge in [-0.3, -0.25) is 19.1 Å². The lowest BCUT2D eigenvalue weighted by Gasteiger charge is -2.21. The van der Waals surface area contributed by atoms with Crippen LogP contribution in [0.15, 0.2) is 0 Å². The van der Waals surface area contributed by atoms with Crippen molar-refractivity contribution in [1.29, 1.82) is 0 Å². The number of hydrogen-bond acceptors (Lipinski definition) is 4. The molecular weight excluding hydrogens is 274 g/mol. The smallest absolute Gasteiger partial charge is 0.314 e. The van der Waals surface area contributed by atoms with Gasteiger partial charge in [0.1, 0.15) is 6.04 Å². The van der Waals surface area contributed by atoms with Gasteiger partial charge in [-0.25, -0.2) is 0 Å². The maximum Gasteiger partial charge on any atom is 0.314 e. The third-order valence-corrected chi connectivity index (χ3v) is 3.78. The quantitative estimate of drug-likeness (QED) is 0.713. The molecule has 0 bridgehead atoms. The van der Waals surface area contributed by atoms with Gasteiger partial charge in [-0.1, -0.05) is 0 Å². The van der Waals surface area contributed by atoms with Crippen LogP contribution in [0.4, 0.5) is 5.69 Å². The average Bonchev–Trinajstić information content (AvgIpc) is 2.99. The predicted octanol–water partition coefficient (Wildman–Crippen LogP) is -0.548. The monoisotopic (exact) mass is 293 g/mol. The summed E-state index contributed by atoms with van der Waals surface area (Å²) in [7, 11) is 1.75. The number of rotatable bonds is 2. The van der Waals surface area contributed by atoms with E-state index in [1.54, 1.807) is 25.6 Å². The third kappa shape index (κ3) is 2.74.